The highest BCUT2D eigenvalue weighted by molar-refractivity contribution is 9.11. The average Bonchev–Trinajstić information content (AvgIpc) is 3.67. The first-order chi connectivity index (χ1) is 31.3. The van der Waals surface area contributed by atoms with Crippen molar-refractivity contribution < 1.29 is 52.3 Å². The minimum Gasteiger partial charge on any atom is -0.497 e. The van der Waals surface area contributed by atoms with Crippen molar-refractivity contribution in [3.05, 3.63) is 201 Å². The fourth-order valence-electron chi connectivity index (χ4n) is 7.51. The Morgan fingerprint density at radius 3 is 1.55 bits per heavy atom. The fourth-order valence-corrected chi connectivity index (χ4v) is 8.75. The molecule has 65 heavy (non-hydrogen) atoms. The van der Waals surface area contributed by atoms with Gasteiger partial charge in [0.1, 0.15) is 12.4 Å². The van der Waals surface area contributed by atoms with Crippen LogP contribution in [0.5, 0.6) is 5.75 Å². The number of halogens is 5. The summed E-state index contributed by atoms with van der Waals surface area (Å²) in [5.41, 5.74) is 0.566. The molecule has 2 fully saturated rings. The van der Waals surface area contributed by atoms with Gasteiger partial charge in [0.2, 0.25) is 11.9 Å². The highest BCUT2D eigenvalue weighted by Gasteiger charge is 2.72. The third-order valence-corrected chi connectivity index (χ3v) is 13.3. The van der Waals surface area contributed by atoms with Crippen molar-refractivity contribution in [2.24, 2.45) is 0 Å². The second-order valence-electron chi connectivity index (χ2n) is 15.1. The first-order valence-electron chi connectivity index (χ1n) is 19.8. The zero-order chi connectivity index (χ0) is 45.9. The van der Waals surface area contributed by atoms with Crippen LogP contribution in [0.3, 0.4) is 0 Å². The van der Waals surface area contributed by atoms with Crippen molar-refractivity contribution in [3.8, 4) is 5.75 Å². The molecule has 0 N–H and O–H groups in total. The topological polar surface area (TPSA) is 133 Å². The van der Waals surface area contributed by atoms with Gasteiger partial charge in [0, 0.05) is 28.5 Å². The van der Waals surface area contributed by atoms with E-state index in [0.717, 1.165) is 10.0 Å². The Balaban J connectivity index is 1.29. The normalized spacial score (nSPS) is 20.9. The van der Waals surface area contributed by atoms with Crippen LogP contribution in [0.2, 0.25) is 5.02 Å². The Kier molecular flexibility index (Phi) is 14.3. The molecule has 2 saturated heterocycles. The van der Waals surface area contributed by atoms with Gasteiger partial charge in [-0.1, -0.05) is 93.5 Å². The first kappa shape index (κ1) is 46.7. The largest absolute Gasteiger partial charge is 0.497 e. The Labute approximate surface area is 412 Å². The molecule has 11 nitrogen and oxygen atoms in total. The number of esters is 4. The lowest BCUT2D eigenvalue weighted by Crippen LogP contribution is -2.68. The number of carbonyl (C=O) groups is 4. The lowest BCUT2D eigenvalue weighted by molar-refractivity contribution is -0.326. The molecule has 2 heterocycles. The summed E-state index contributed by atoms with van der Waals surface area (Å²) in [6, 6.07) is 38.3. The molecule has 2 aliphatic heterocycles. The lowest BCUT2D eigenvalue weighted by Gasteiger charge is -2.49. The molecule has 0 aromatic heterocycles. The Bertz CT molecular complexity index is 2720. The molecule has 0 radical (unpaired) electrons. The van der Waals surface area contributed by atoms with Crippen molar-refractivity contribution >= 4 is 99.2 Å². The molecule has 2 aliphatic rings. The van der Waals surface area contributed by atoms with Gasteiger partial charge in [-0.2, -0.15) is 0 Å². The quantitative estimate of drug-likeness (QED) is 0.0808. The SMILES string of the molecule is COc1ccc(Cc2cc(C34OCC(COC(=O)c5ccc(Br)cc5)(O3)C(OC(=O)c3ccc(Br)cc3)C(OC(=O)c3ccc(Br)cc3)C4OC(=O)c3ccc(Br)cc3)ccc2Cl)cc1. The number of rotatable bonds is 13. The van der Waals surface area contributed by atoms with E-state index in [1.165, 1.54) is 12.1 Å². The molecule has 8 rings (SSSR count). The van der Waals surface area contributed by atoms with Crippen LogP contribution < -0.4 is 4.74 Å². The van der Waals surface area contributed by atoms with Gasteiger partial charge in [-0.15, -0.1) is 0 Å². The van der Waals surface area contributed by atoms with E-state index in [-0.39, 0.29) is 22.3 Å². The molecule has 0 amide bonds. The van der Waals surface area contributed by atoms with Crippen molar-refractivity contribution in [3.63, 3.8) is 0 Å². The molecule has 16 heteroatoms. The van der Waals surface area contributed by atoms with Gasteiger partial charge >= 0.3 is 23.9 Å². The molecule has 6 aromatic rings. The monoisotopic (exact) mass is 1150 g/mol. The Hall–Kier alpha value is -4.87. The van der Waals surface area contributed by atoms with E-state index in [1.54, 1.807) is 110 Å². The van der Waals surface area contributed by atoms with Crippen LogP contribution >= 0.6 is 75.3 Å². The van der Waals surface area contributed by atoms with Crippen LogP contribution in [0.4, 0.5) is 0 Å². The molecule has 6 aromatic carbocycles. The highest BCUT2D eigenvalue weighted by Crippen LogP contribution is 2.53. The third kappa shape index (κ3) is 10.3. The van der Waals surface area contributed by atoms with Gasteiger partial charge in [-0.3, -0.25) is 0 Å². The van der Waals surface area contributed by atoms with Crippen molar-refractivity contribution in [2.45, 2.75) is 36.1 Å². The highest BCUT2D eigenvalue weighted by atomic mass is 79.9. The maximum atomic E-state index is 14.4. The smallest absolute Gasteiger partial charge is 0.338 e. The minimum absolute atomic E-state index is 0.127. The van der Waals surface area contributed by atoms with Crippen LogP contribution in [0, 0.1) is 0 Å². The van der Waals surface area contributed by atoms with Crippen LogP contribution in [-0.4, -0.2) is 68.1 Å². The summed E-state index contributed by atoms with van der Waals surface area (Å²) in [6.07, 6.45) is -4.65. The van der Waals surface area contributed by atoms with E-state index in [4.69, 9.17) is 44.8 Å². The number of benzene rings is 6. The van der Waals surface area contributed by atoms with Gasteiger partial charge in [0.05, 0.1) is 36.0 Å². The summed E-state index contributed by atoms with van der Waals surface area (Å²) < 4.78 is 47.2. The number of hydrogen-bond donors (Lipinski definition) is 0. The van der Waals surface area contributed by atoms with Crippen LogP contribution in [0.15, 0.2) is 157 Å². The van der Waals surface area contributed by atoms with E-state index < -0.39 is 66.8 Å². The van der Waals surface area contributed by atoms with E-state index in [0.29, 0.717) is 41.7 Å². The predicted molar refractivity (Wildman–Crippen MR) is 253 cm³/mol. The predicted octanol–water partition coefficient (Wildman–Crippen LogP) is 11.5. The standard InChI is InChI=1S/C49H35Br4ClO11/c1-59-39-21-2-28(3-22-39)24-33-25-34(12-23-40(33)54)49-43(64-47(58)32-10-19-38(53)20-11-32)41(62-45(56)30-6-15-36(51)16-7-30)42(63-46(57)31-8-17-37(52)18-9-31)48(65-49,27-61-49)26-60-44(55)29-4-13-35(50)14-5-29/h2-23,25,41-43H,24,26-27H2,1H3. The first-order valence-corrected chi connectivity index (χ1v) is 23.4. The van der Waals surface area contributed by atoms with E-state index >= 15 is 0 Å². The van der Waals surface area contributed by atoms with Gasteiger partial charge < -0.3 is 33.2 Å². The second kappa shape index (κ2) is 19.9. The molecule has 332 valence electrons. The van der Waals surface area contributed by atoms with Gasteiger partial charge in [-0.25, -0.2) is 19.2 Å². The van der Waals surface area contributed by atoms with Gasteiger partial charge in [0.15, 0.2) is 17.8 Å². The fraction of sp³-hybridized carbons (Fsp3) is 0.184. The Morgan fingerprint density at radius 1 is 0.600 bits per heavy atom. The maximum absolute atomic E-state index is 14.4. The summed E-state index contributed by atoms with van der Waals surface area (Å²) in [5.74, 6) is -4.70. The molecule has 0 aliphatic carbocycles. The van der Waals surface area contributed by atoms with Crippen molar-refractivity contribution in [2.75, 3.05) is 20.3 Å². The number of ether oxygens (including phenoxy) is 7. The van der Waals surface area contributed by atoms with E-state index in [9.17, 15) is 19.2 Å². The van der Waals surface area contributed by atoms with Crippen LogP contribution in [0.1, 0.15) is 58.1 Å². The summed E-state index contributed by atoms with van der Waals surface area (Å²) >= 11 is 20.5. The summed E-state index contributed by atoms with van der Waals surface area (Å²) in [6.45, 7) is -0.984. The van der Waals surface area contributed by atoms with Crippen LogP contribution in [-0.2, 0) is 40.6 Å². The number of methoxy groups -OCH3 is 1. The lowest BCUT2D eigenvalue weighted by atomic mass is 9.82. The molecular weight excluding hydrogens is 1120 g/mol. The average molecular weight is 1150 g/mol. The number of carbonyl (C=O) groups excluding carboxylic acids is 4. The second-order valence-corrected chi connectivity index (χ2v) is 19.1. The Morgan fingerprint density at radius 2 is 1.06 bits per heavy atom. The zero-order valence-electron chi connectivity index (χ0n) is 34.0. The van der Waals surface area contributed by atoms with E-state index in [1.807, 2.05) is 24.3 Å². The molecule has 5 unspecified atom stereocenters. The van der Waals surface area contributed by atoms with Crippen LogP contribution in [0.25, 0.3) is 0 Å². The van der Waals surface area contributed by atoms with E-state index in [2.05, 4.69) is 63.7 Å². The number of hydrogen-bond acceptors (Lipinski definition) is 11. The minimum atomic E-state index is -2.10. The molecule has 0 saturated carbocycles. The summed E-state index contributed by atoms with van der Waals surface area (Å²) in [7, 11) is 1.58. The molecule has 2 bridgehead atoms. The molecule has 5 atom stereocenters. The third-order valence-electron chi connectivity index (χ3n) is 10.9. The molecule has 0 spiro atoms. The van der Waals surface area contributed by atoms with Crippen molar-refractivity contribution in [1.82, 2.24) is 0 Å². The summed E-state index contributed by atoms with van der Waals surface area (Å²) in [4.78, 5) is 56.8. The summed E-state index contributed by atoms with van der Waals surface area (Å²) in [5, 5.41) is 0.410. The van der Waals surface area contributed by atoms with Crippen molar-refractivity contribution in [1.29, 1.82) is 0 Å². The maximum Gasteiger partial charge on any atom is 0.338 e. The molecular formula is C49H35Br4ClO11. The zero-order valence-corrected chi connectivity index (χ0v) is 41.1. The van der Waals surface area contributed by atoms with Gasteiger partial charge in [-0.05, 0) is 139 Å². The number of fused-ring (bicyclic) bond motifs is 2. The van der Waals surface area contributed by atoms with Gasteiger partial charge in [0.25, 0.3) is 0 Å².